The standard InChI is InChI=1S/C19H25ClN4O.HI/c1-3-21-19(22-12-11-15-9-10-18(20)23-13-15)24-14-16-7-5-6-8-17(16)25-4-2;/h5-10,13H,3-4,11-12,14H2,1-2H3,(H2,21,22,24);1H. The molecule has 0 aliphatic rings. The van der Waals surface area contributed by atoms with Crippen molar-refractivity contribution in [2.45, 2.75) is 26.8 Å². The maximum Gasteiger partial charge on any atom is 0.191 e. The van der Waals surface area contributed by atoms with E-state index in [0.29, 0.717) is 18.3 Å². The molecule has 0 saturated heterocycles. The summed E-state index contributed by atoms with van der Waals surface area (Å²) in [4.78, 5) is 8.74. The third-order valence-electron chi connectivity index (χ3n) is 3.52. The summed E-state index contributed by atoms with van der Waals surface area (Å²) in [6.45, 7) is 6.82. The van der Waals surface area contributed by atoms with Crippen molar-refractivity contribution < 1.29 is 4.74 Å². The van der Waals surface area contributed by atoms with Gasteiger partial charge >= 0.3 is 0 Å². The minimum absolute atomic E-state index is 0. The molecule has 1 aromatic heterocycles. The van der Waals surface area contributed by atoms with Gasteiger partial charge in [0.05, 0.1) is 13.2 Å². The Morgan fingerprint density at radius 3 is 2.65 bits per heavy atom. The fraction of sp³-hybridized carbons (Fsp3) is 0.368. The van der Waals surface area contributed by atoms with Gasteiger partial charge in [-0.15, -0.1) is 24.0 Å². The van der Waals surface area contributed by atoms with Crippen LogP contribution in [-0.4, -0.2) is 30.6 Å². The molecule has 0 unspecified atom stereocenters. The Morgan fingerprint density at radius 1 is 1.15 bits per heavy atom. The van der Waals surface area contributed by atoms with Crippen LogP contribution in [-0.2, 0) is 13.0 Å². The number of hydrogen-bond acceptors (Lipinski definition) is 3. The maximum atomic E-state index is 5.81. The molecule has 0 fully saturated rings. The molecule has 0 bridgehead atoms. The number of nitrogens with one attached hydrogen (secondary N) is 2. The van der Waals surface area contributed by atoms with Crippen LogP contribution in [0.2, 0.25) is 5.15 Å². The number of hydrogen-bond donors (Lipinski definition) is 2. The number of ether oxygens (including phenoxy) is 1. The minimum atomic E-state index is 0. The van der Waals surface area contributed by atoms with Crippen molar-refractivity contribution in [3.63, 3.8) is 0 Å². The van der Waals surface area contributed by atoms with Crippen LogP contribution in [0.25, 0.3) is 0 Å². The van der Waals surface area contributed by atoms with Crippen molar-refractivity contribution in [3.8, 4) is 5.75 Å². The summed E-state index contributed by atoms with van der Waals surface area (Å²) >= 11 is 5.81. The summed E-state index contributed by atoms with van der Waals surface area (Å²) in [6.07, 6.45) is 2.65. The molecule has 0 spiro atoms. The lowest BCUT2D eigenvalue weighted by molar-refractivity contribution is 0.336. The first-order chi connectivity index (χ1) is 12.2. The topological polar surface area (TPSA) is 58.5 Å². The first-order valence-electron chi connectivity index (χ1n) is 8.56. The highest BCUT2D eigenvalue weighted by atomic mass is 127. The van der Waals surface area contributed by atoms with Gasteiger partial charge < -0.3 is 15.4 Å². The summed E-state index contributed by atoms with van der Waals surface area (Å²) < 4.78 is 5.65. The van der Waals surface area contributed by atoms with E-state index in [1.807, 2.05) is 37.3 Å². The molecule has 0 aliphatic carbocycles. The molecule has 0 atom stereocenters. The zero-order valence-electron chi connectivity index (χ0n) is 15.2. The second-order valence-corrected chi connectivity index (χ2v) is 5.79. The summed E-state index contributed by atoms with van der Waals surface area (Å²) in [6, 6.07) is 11.8. The van der Waals surface area contributed by atoms with Gasteiger partial charge in [0.15, 0.2) is 5.96 Å². The van der Waals surface area contributed by atoms with Gasteiger partial charge in [-0.3, -0.25) is 0 Å². The van der Waals surface area contributed by atoms with Gasteiger partial charge in [0.2, 0.25) is 0 Å². The van der Waals surface area contributed by atoms with Crippen molar-refractivity contribution in [3.05, 3.63) is 58.9 Å². The second-order valence-electron chi connectivity index (χ2n) is 5.40. The number of rotatable bonds is 8. The van der Waals surface area contributed by atoms with E-state index < -0.39 is 0 Å². The molecule has 7 heteroatoms. The number of halogens is 2. The van der Waals surface area contributed by atoms with Crippen LogP contribution >= 0.6 is 35.6 Å². The molecule has 26 heavy (non-hydrogen) atoms. The normalized spacial score (nSPS) is 10.8. The SMILES string of the molecule is CCNC(=NCc1ccccc1OCC)NCCc1ccc(Cl)nc1.I. The first kappa shape index (κ1) is 22.5. The third kappa shape index (κ3) is 7.78. The average molecular weight is 489 g/mol. The number of nitrogens with zero attached hydrogens (tertiary/aromatic N) is 2. The number of guanidine groups is 1. The van der Waals surface area contributed by atoms with E-state index in [2.05, 4.69) is 27.5 Å². The van der Waals surface area contributed by atoms with Crippen LogP contribution < -0.4 is 15.4 Å². The average Bonchev–Trinajstić information content (AvgIpc) is 2.62. The molecule has 142 valence electrons. The van der Waals surface area contributed by atoms with Crippen molar-refractivity contribution in [2.75, 3.05) is 19.7 Å². The minimum Gasteiger partial charge on any atom is -0.494 e. The lowest BCUT2D eigenvalue weighted by Gasteiger charge is -2.12. The van der Waals surface area contributed by atoms with Crippen molar-refractivity contribution in [1.29, 1.82) is 0 Å². The maximum absolute atomic E-state index is 5.81. The van der Waals surface area contributed by atoms with Crippen LogP contribution in [0.3, 0.4) is 0 Å². The smallest absolute Gasteiger partial charge is 0.191 e. The van der Waals surface area contributed by atoms with Gasteiger partial charge in [0.25, 0.3) is 0 Å². The van der Waals surface area contributed by atoms with Gasteiger partial charge in [-0.2, -0.15) is 0 Å². The van der Waals surface area contributed by atoms with Crippen LogP contribution in [0, 0.1) is 0 Å². The molecule has 1 heterocycles. The van der Waals surface area contributed by atoms with Crippen molar-refractivity contribution in [1.82, 2.24) is 15.6 Å². The fourth-order valence-electron chi connectivity index (χ4n) is 2.32. The summed E-state index contributed by atoms with van der Waals surface area (Å²) in [5, 5.41) is 7.12. The summed E-state index contributed by atoms with van der Waals surface area (Å²) in [5.74, 6) is 1.67. The monoisotopic (exact) mass is 488 g/mol. The molecule has 1 aromatic carbocycles. The predicted octanol–water partition coefficient (Wildman–Crippen LogP) is 4.05. The quantitative estimate of drug-likeness (QED) is 0.255. The molecule has 2 rings (SSSR count). The Kier molecular flexibility index (Phi) is 11.0. The van der Waals surface area contributed by atoms with E-state index in [4.69, 9.17) is 16.3 Å². The van der Waals surface area contributed by atoms with Gasteiger partial charge in [0.1, 0.15) is 10.9 Å². The Hall–Kier alpha value is -1.54. The van der Waals surface area contributed by atoms with E-state index in [1.54, 1.807) is 12.3 Å². The molecule has 0 amide bonds. The van der Waals surface area contributed by atoms with Gasteiger partial charge in [-0.25, -0.2) is 9.98 Å². The molecule has 5 nitrogen and oxygen atoms in total. The molecule has 0 saturated carbocycles. The highest BCUT2D eigenvalue weighted by Gasteiger charge is 2.03. The van der Waals surface area contributed by atoms with E-state index in [-0.39, 0.29) is 24.0 Å². The van der Waals surface area contributed by atoms with Gasteiger partial charge in [-0.05, 0) is 38.0 Å². The highest BCUT2D eigenvalue weighted by Crippen LogP contribution is 2.18. The van der Waals surface area contributed by atoms with E-state index >= 15 is 0 Å². The molecule has 0 radical (unpaired) electrons. The number of benzene rings is 1. The van der Waals surface area contributed by atoms with Crippen molar-refractivity contribution in [2.24, 2.45) is 4.99 Å². The van der Waals surface area contributed by atoms with Crippen LogP contribution in [0.1, 0.15) is 25.0 Å². The van der Waals surface area contributed by atoms with Gasteiger partial charge in [-0.1, -0.05) is 35.9 Å². The summed E-state index contributed by atoms with van der Waals surface area (Å²) in [7, 11) is 0. The fourth-order valence-corrected chi connectivity index (χ4v) is 2.43. The zero-order valence-corrected chi connectivity index (χ0v) is 18.3. The van der Waals surface area contributed by atoms with Crippen LogP contribution in [0.5, 0.6) is 5.75 Å². The molecule has 2 aromatic rings. The number of pyridine rings is 1. The Labute approximate surface area is 177 Å². The molecular formula is C19H26ClIN4O. The van der Waals surface area contributed by atoms with E-state index in [9.17, 15) is 0 Å². The lowest BCUT2D eigenvalue weighted by Crippen LogP contribution is -2.38. The second kappa shape index (κ2) is 12.8. The summed E-state index contributed by atoms with van der Waals surface area (Å²) in [5.41, 5.74) is 2.21. The van der Waals surface area contributed by atoms with Crippen LogP contribution in [0.15, 0.2) is 47.6 Å². The Balaban J connectivity index is 0.00000338. The number of aromatic nitrogens is 1. The van der Waals surface area contributed by atoms with Gasteiger partial charge in [0, 0.05) is 24.8 Å². The molecule has 0 aliphatic heterocycles. The highest BCUT2D eigenvalue weighted by molar-refractivity contribution is 14.0. The third-order valence-corrected chi connectivity index (χ3v) is 3.74. The number of aliphatic imine (C=N–C) groups is 1. The van der Waals surface area contributed by atoms with Crippen LogP contribution in [0.4, 0.5) is 0 Å². The Bertz CT molecular complexity index is 679. The number of para-hydroxylation sites is 1. The van der Waals surface area contributed by atoms with Crippen molar-refractivity contribution >= 4 is 41.5 Å². The largest absolute Gasteiger partial charge is 0.494 e. The first-order valence-corrected chi connectivity index (χ1v) is 8.94. The van der Waals surface area contributed by atoms with E-state index in [1.165, 1.54) is 0 Å². The lowest BCUT2D eigenvalue weighted by atomic mass is 10.2. The molecular weight excluding hydrogens is 463 g/mol. The molecule has 2 N–H and O–H groups in total. The predicted molar refractivity (Wildman–Crippen MR) is 119 cm³/mol. The zero-order chi connectivity index (χ0) is 17.9. The van der Waals surface area contributed by atoms with E-state index in [0.717, 1.165) is 42.3 Å². The Morgan fingerprint density at radius 2 is 1.96 bits per heavy atom.